The first-order chi connectivity index (χ1) is 14.6. The van der Waals surface area contributed by atoms with Crippen molar-refractivity contribution >= 4 is 23.2 Å². The van der Waals surface area contributed by atoms with E-state index in [2.05, 4.69) is 91.8 Å². The molecule has 0 aliphatic heterocycles. The van der Waals surface area contributed by atoms with E-state index in [4.69, 9.17) is 27.9 Å². The highest BCUT2D eigenvalue weighted by atomic mass is 35.5. The zero-order valence-electron chi connectivity index (χ0n) is 20.5. The van der Waals surface area contributed by atoms with Crippen LogP contribution in [0, 0.1) is 0 Å². The molecule has 0 spiro atoms. The van der Waals surface area contributed by atoms with Crippen LogP contribution in [0.2, 0.25) is 0 Å². The summed E-state index contributed by atoms with van der Waals surface area (Å²) < 4.78 is 6.14. The number of hydrogen-bond acceptors (Lipinski definition) is 1. The Morgan fingerprint density at radius 1 is 0.548 bits per heavy atom. The van der Waals surface area contributed by atoms with Gasteiger partial charge in [0.25, 0.3) is 0 Å². The van der Waals surface area contributed by atoms with Gasteiger partial charge < -0.3 is 4.74 Å². The molecule has 0 aliphatic rings. The van der Waals surface area contributed by atoms with Gasteiger partial charge in [0, 0.05) is 0 Å². The van der Waals surface area contributed by atoms with Gasteiger partial charge in [0.2, 0.25) is 0 Å². The van der Waals surface area contributed by atoms with Crippen LogP contribution in [0.4, 0.5) is 0 Å². The van der Waals surface area contributed by atoms with Gasteiger partial charge in [-0.1, -0.05) is 91.8 Å². The van der Waals surface area contributed by atoms with Crippen LogP contribution in [0.15, 0.2) is 36.4 Å². The van der Waals surface area contributed by atoms with Crippen molar-refractivity contribution in [3.63, 3.8) is 0 Å². The molecule has 0 aliphatic carbocycles. The molecule has 2 aromatic carbocycles. The van der Waals surface area contributed by atoms with E-state index in [-0.39, 0.29) is 10.8 Å². The molecule has 0 radical (unpaired) electrons. The SMILES string of the molecule is CC(C)c1cccc(C(C)C)c1C(Cl)COCC(Cl)c1c(C(C)C)cccc1C(C)C. The molecule has 0 heterocycles. The number of hydrogen-bond donors (Lipinski definition) is 0. The van der Waals surface area contributed by atoms with E-state index in [1.165, 1.54) is 33.4 Å². The van der Waals surface area contributed by atoms with Crippen molar-refractivity contribution < 1.29 is 4.74 Å². The molecule has 31 heavy (non-hydrogen) atoms. The zero-order valence-corrected chi connectivity index (χ0v) is 22.0. The van der Waals surface area contributed by atoms with Crippen LogP contribution in [0.1, 0.15) is 123 Å². The molecule has 1 nitrogen and oxygen atoms in total. The molecular weight excluding hydrogens is 423 g/mol. The Morgan fingerprint density at radius 3 is 1.03 bits per heavy atom. The van der Waals surface area contributed by atoms with Gasteiger partial charge in [-0.3, -0.25) is 0 Å². The molecule has 2 rings (SSSR count). The van der Waals surface area contributed by atoms with E-state index >= 15 is 0 Å². The predicted molar refractivity (Wildman–Crippen MR) is 137 cm³/mol. The van der Waals surface area contributed by atoms with Gasteiger partial charge in [0.05, 0.1) is 24.0 Å². The quantitative estimate of drug-likeness (QED) is 0.319. The highest BCUT2D eigenvalue weighted by Crippen LogP contribution is 2.38. The normalized spacial score (nSPS) is 14.1. The summed E-state index contributed by atoms with van der Waals surface area (Å²) in [6, 6.07) is 13.1. The average molecular weight is 464 g/mol. The molecule has 0 bridgehead atoms. The third-order valence-corrected chi connectivity index (χ3v) is 6.68. The van der Waals surface area contributed by atoms with Crippen LogP contribution in [0.3, 0.4) is 0 Å². The third kappa shape index (κ3) is 6.50. The predicted octanol–water partition coefficient (Wildman–Crippen LogP) is 9.46. The Bertz CT molecular complexity index is 717. The van der Waals surface area contributed by atoms with Crippen molar-refractivity contribution in [3.8, 4) is 0 Å². The highest BCUT2D eigenvalue weighted by Gasteiger charge is 2.23. The number of ether oxygens (including phenoxy) is 1. The largest absolute Gasteiger partial charge is 0.378 e. The molecule has 2 unspecified atom stereocenters. The highest BCUT2D eigenvalue weighted by molar-refractivity contribution is 6.21. The third-order valence-electron chi connectivity index (χ3n) is 5.99. The molecule has 0 amide bonds. The minimum atomic E-state index is -0.190. The molecular formula is C28H40Cl2O. The molecule has 0 saturated heterocycles. The first-order valence-electron chi connectivity index (χ1n) is 11.7. The number of halogens is 2. The van der Waals surface area contributed by atoms with Crippen molar-refractivity contribution in [2.45, 2.75) is 89.8 Å². The Labute approximate surface area is 200 Å². The fourth-order valence-corrected chi connectivity index (χ4v) is 5.06. The van der Waals surface area contributed by atoms with Crippen LogP contribution in [-0.4, -0.2) is 13.2 Å². The fraction of sp³-hybridized carbons (Fsp3) is 0.571. The monoisotopic (exact) mass is 462 g/mol. The maximum atomic E-state index is 6.93. The summed E-state index contributed by atoms with van der Waals surface area (Å²) in [4.78, 5) is 0. The lowest BCUT2D eigenvalue weighted by molar-refractivity contribution is 0.133. The average Bonchev–Trinajstić information content (AvgIpc) is 2.71. The lowest BCUT2D eigenvalue weighted by Gasteiger charge is -2.25. The van der Waals surface area contributed by atoms with Gasteiger partial charge in [0.1, 0.15) is 0 Å². The Kier molecular flexibility index (Phi) is 9.93. The molecule has 0 N–H and O–H groups in total. The van der Waals surface area contributed by atoms with Crippen LogP contribution in [0.5, 0.6) is 0 Å². The van der Waals surface area contributed by atoms with Crippen molar-refractivity contribution in [1.82, 2.24) is 0 Å². The smallest absolute Gasteiger partial charge is 0.0824 e. The Morgan fingerprint density at radius 2 is 0.806 bits per heavy atom. The molecule has 3 heteroatoms. The van der Waals surface area contributed by atoms with E-state index < -0.39 is 0 Å². The van der Waals surface area contributed by atoms with Crippen LogP contribution < -0.4 is 0 Å². The van der Waals surface area contributed by atoms with Crippen molar-refractivity contribution in [2.75, 3.05) is 13.2 Å². The summed E-state index contributed by atoms with van der Waals surface area (Å²) in [6.45, 7) is 18.7. The Hall–Kier alpha value is -1.02. The minimum absolute atomic E-state index is 0.190. The molecule has 0 fully saturated rings. The molecule has 2 aromatic rings. The van der Waals surface area contributed by atoms with Crippen molar-refractivity contribution in [1.29, 1.82) is 0 Å². The summed E-state index contributed by atoms with van der Waals surface area (Å²) in [7, 11) is 0. The number of alkyl halides is 2. The lowest BCUT2D eigenvalue weighted by atomic mass is 9.87. The second kappa shape index (κ2) is 11.7. The summed E-state index contributed by atoms with van der Waals surface area (Å²) in [5.74, 6) is 1.67. The maximum Gasteiger partial charge on any atom is 0.0824 e. The fourth-order valence-electron chi connectivity index (χ4n) is 4.38. The number of rotatable bonds is 10. The van der Waals surface area contributed by atoms with Crippen molar-refractivity contribution in [2.24, 2.45) is 0 Å². The van der Waals surface area contributed by atoms with Crippen LogP contribution in [-0.2, 0) is 4.74 Å². The topological polar surface area (TPSA) is 9.23 Å². The van der Waals surface area contributed by atoms with E-state index in [0.717, 1.165) is 0 Å². The van der Waals surface area contributed by atoms with E-state index in [9.17, 15) is 0 Å². The summed E-state index contributed by atoms with van der Waals surface area (Å²) in [5.41, 5.74) is 7.69. The van der Waals surface area contributed by atoms with Crippen LogP contribution in [0.25, 0.3) is 0 Å². The van der Waals surface area contributed by atoms with Gasteiger partial charge in [-0.25, -0.2) is 0 Å². The second-order valence-electron chi connectivity index (χ2n) is 9.79. The van der Waals surface area contributed by atoms with E-state index in [1.807, 2.05) is 0 Å². The van der Waals surface area contributed by atoms with Crippen molar-refractivity contribution in [3.05, 3.63) is 69.8 Å². The molecule has 0 saturated carbocycles. The standard InChI is InChI=1S/C28H40Cl2O/c1-17(2)21-11-9-12-22(18(3)4)27(21)25(29)15-31-16-26(30)28-23(19(5)6)13-10-14-24(28)20(7)8/h9-14,17-20,25-26H,15-16H2,1-8H3. The first kappa shape index (κ1) is 26.2. The van der Waals surface area contributed by atoms with Crippen LogP contribution >= 0.6 is 23.2 Å². The number of benzene rings is 2. The van der Waals surface area contributed by atoms with Gasteiger partial charge in [0.15, 0.2) is 0 Å². The minimum Gasteiger partial charge on any atom is -0.378 e. The molecule has 172 valence electrons. The van der Waals surface area contributed by atoms with Gasteiger partial charge in [-0.15, -0.1) is 23.2 Å². The Balaban J connectivity index is 2.20. The van der Waals surface area contributed by atoms with E-state index in [1.54, 1.807) is 0 Å². The van der Waals surface area contributed by atoms with Gasteiger partial charge in [-0.2, -0.15) is 0 Å². The summed E-state index contributed by atoms with van der Waals surface area (Å²) >= 11 is 13.9. The first-order valence-corrected chi connectivity index (χ1v) is 12.5. The summed E-state index contributed by atoms with van der Waals surface area (Å²) in [6.07, 6.45) is 0. The van der Waals surface area contributed by atoms with Gasteiger partial charge >= 0.3 is 0 Å². The zero-order chi connectivity index (χ0) is 23.3. The van der Waals surface area contributed by atoms with Gasteiger partial charge in [-0.05, 0) is 57.1 Å². The second-order valence-corrected chi connectivity index (χ2v) is 10.8. The molecule has 2 atom stereocenters. The van der Waals surface area contributed by atoms with E-state index in [0.29, 0.717) is 36.9 Å². The summed E-state index contributed by atoms with van der Waals surface area (Å²) in [5, 5.41) is -0.380. The maximum absolute atomic E-state index is 6.93. The molecule has 0 aromatic heterocycles. The lowest BCUT2D eigenvalue weighted by Crippen LogP contribution is -2.14.